The van der Waals surface area contributed by atoms with Crippen molar-refractivity contribution < 1.29 is 8.42 Å². The number of halogens is 1. The van der Waals surface area contributed by atoms with Gasteiger partial charge in [-0.15, -0.1) is 0 Å². The van der Waals surface area contributed by atoms with Crippen molar-refractivity contribution in [2.45, 2.75) is 17.9 Å². The third-order valence-electron chi connectivity index (χ3n) is 6.63. The van der Waals surface area contributed by atoms with Gasteiger partial charge >= 0.3 is 0 Å². The van der Waals surface area contributed by atoms with Crippen LogP contribution in [0.15, 0.2) is 70.4 Å². The van der Waals surface area contributed by atoms with Gasteiger partial charge in [-0.1, -0.05) is 48.0 Å². The van der Waals surface area contributed by atoms with Crippen molar-refractivity contribution in [2.75, 3.05) is 26.2 Å². The van der Waals surface area contributed by atoms with Crippen LogP contribution < -0.4 is 5.56 Å². The molecule has 176 valence electrons. The van der Waals surface area contributed by atoms with E-state index in [1.54, 1.807) is 46.3 Å². The highest BCUT2D eigenvalue weighted by atomic mass is 35.5. The molecule has 4 aromatic rings. The molecule has 7 nitrogen and oxygen atoms in total. The zero-order valence-electron chi connectivity index (χ0n) is 19.0. The van der Waals surface area contributed by atoms with Crippen LogP contribution in [0.5, 0.6) is 0 Å². The van der Waals surface area contributed by atoms with Crippen LogP contribution in [0.25, 0.3) is 21.7 Å². The maximum Gasteiger partial charge on any atom is 0.261 e. The molecule has 0 saturated carbocycles. The Labute approximate surface area is 203 Å². The van der Waals surface area contributed by atoms with Crippen LogP contribution in [0, 0.1) is 0 Å². The zero-order valence-corrected chi connectivity index (χ0v) is 20.6. The molecule has 3 aromatic carbocycles. The highest BCUT2D eigenvalue weighted by Crippen LogP contribution is 2.28. The Morgan fingerprint density at radius 1 is 0.941 bits per heavy atom. The number of hydrogen-bond donors (Lipinski definition) is 0. The molecule has 1 atom stereocenters. The summed E-state index contributed by atoms with van der Waals surface area (Å²) in [6.07, 6.45) is 0. The molecular weight excluding hydrogens is 472 g/mol. The number of sulfonamides is 1. The quantitative estimate of drug-likeness (QED) is 0.429. The Hall–Kier alpha value is -2.78. The third-order valence-corrected chi connectivity index (χ3v) is 8.83. The van der Waals surface area contributed by atoms with E-state index in [9.17, 15) is 13.2 Å². The second-order valence-electron chi connectivity index (χ2n) is 8.59. The Kier molecular flexibility index (Phi) is 5.93. The Morgan fingerprint density at radius 2 is 1.65 bits per heavy atom. The molecule has 0 N–H and O–H groups in total. The van der Waals surface area contributed by atoms with Gasteiger partial charge in [0.25, 0.3) is 5.56 Å². The first-order valence-electron chi connectivity index (χ1n) is 11.2. The van der Waals surface area contributed by atoms with E-state index in [0.29, 0.717) is 52.8 Å². The molecule has 34 heavy (non-hydrogen) atoms. The molecule has 2 heterocycles. The SMILES string of the molecule is CC(c1nc2ccc(Cl)cc2c(=O)n1C)N1CCN(S(=O)(=O)c2cccc3ccccc23)CC1. The van der Waals surface area contributed by atoms with Crippen molar-refractivity contribution in [3.8, 4) is 0 Å². The fraction of sp³-hybridized carbons (Fsp3) is 0.280. The summed E-state index contributed by atoms with van der Waals surface area (Å²) in [5, 5.41) is 2.62. The second kappa shape index (κ2) is 8.78. The standard InChI is InChI=1S/C25H25ClN4O3S/c1-17(24-27-22-11-10-19(26)16-21(22)25(31)28(24)2)29-12-14-30(15-13-29)34(32,33)23-9-5-7-18-6-3-4-8-20(18)23/h3-11,16-17H,12-15H2,1-2H3. The van der Waals surface area contributed by atoms with Crippen molar-refractivity contribution >= 4 is 43.3 Å². The summed E-state index contributed by atoms with van der Waals surface area (Å²) < 4.78 is 30.0. The van der Waals surface area contributed by atoms with Gasteiger partial charge in [-0.25, -0.2) is 13.4 Å². The summed E-state index contributed by atoms with van der Waals surface area (Å²) in [4.78, 5) is 20.1. The van der Waals surface area contributed by atoms with E-state index in [-0.39, 0.29) is 11.6 Å². The summed E-state index contributed by atoms with van der Waals surface area (Å²) in [5.41, 5.74) is 0.457. The van der Waals surface area contributed by atoms with E-state index in [4.69, 9.17) is 16.6 Å². The summed E-state index contributed by atoms with van der Waals surface area (Å²) in [6.45, 7) is 3.82. The lowest BCUT2D eigenvalue weighted by atomic mass is 10.1. The molecule has 9 heteroatoms. The third kappa shape index (κ3) is 3.90. The summed E-state index contributed by atoms with van der Waals surface area (Å²) in [6, 6.07) is 17.9. The van der Waals surface area contributed by atoms with Crippen LogP contribution in [0.1, 0.15) is 18.8 Å². The maximum atomic E-state index is 13.5. The molecule has 0 amide bonds. The van der Waals surface area contributed by atoms with Crippen LogP contribution in [0.3, 0.4) is 0 Å². The molecule has 0 radical (unpaired) electrons. The lowest BCUT2D eigenvalue weighted by Gasteiger charge is -2.37. The molecule has 1 aromatic heterocycles. The number of piperazine rings is 1. The van der Waals surface area contributed by atoms with Gasteiger partial charge in [0, 0.05) is 43.6 Å². The van der Waals surface area contributed by atoms with E-state index in [1.165, 1.54) is 0 Å². The molecule has 5 rings (SSSR count). The van der Waals surface area contributed by atoms with Crippen molar-refractivity contribution in [2.24, 2.45) is 7.05 Å². The lowest BCUT2D eigenvalue weighted by molar-refractivity contribution is 0.139. The average molecular weight is 497 g/mol. The van der Waals surface area contributed by atoms with E-state index < -0.39 is 10.0 Å². The van der Waals surface area contributed by atoms with Gasteiger partial charge in [0.1, 0.15) is 5.82 Å². The zero-order chi connectivity index (χ0) is 24.0. The topological polar surface area (TPSA) is 75.5 Å². The molecule has 0 spiro atoms. The number of fused-ring (bicyclic) bond motifs is 2. The molecule has 1 unspecified atom stereocenters. The fourth-order valence-corrected chi connectivity index (χ4v) is 6.50. The average Bonchev–Trinajstić information content (AvgIpc) is 2.86. The highest BCUT2D eigenvalue weighted by Gasteiger charge is 2.32. The predicted molar refractivity (Wildman–Crippen MR) is 135 cm³/mol. The lowest BCUT2D eigenvalue weighted by Crippen LogP contribution is -2.49. The Morgan fingerprint density at radius 3 is 2.41 bits per heavy atom. The largest absolute Gasteiger partial charge is 0.298 e. The molecule has 1 aliphatic rings. The monoisotopic (exact) mass is 496 g/mol. The van der Waals surface area contributed by atoms with Gasteiger partial charge < -0.3 is 0 Å². The van der Waals surface area contributed by atoms with Gasteiger partial charge in [-0.05, 0) is 36.6 Å². The van der Waals surface area contributed by atoms with E-state index in [2.05, 4.69) is 4.90 Å². The van der Waals surface area contributed by atoms with Crippen LogP contribution in [0.4, 0.5) is 0 Å². The van der Waals surface area contributed by atoms with Crippen molar-refractivity contribution in [1.82, 2.24) is 18.8 Å². The Balaban J connectivity index is 1.39. The first-order chi connectivity index (χ1) is 16.3. The minimum absolute atomic E-state index is 0.147. The normalized spacial score (nSPS) is 16.8. The number of rotatable bonds is 4. The van der Waals surface area contributed by atoms with E-state index >= 15 is 0 Å². The molecule has 1 aliphatic heterocycles. The van der Waals surface area contributed by atoms with Gasteiger partial charge in [0.15, 0.2) is 0 Å². The minimum Gasteiger partial charge on any atom is -0.298 e. The van der Waals surface area contributed by atoms with Gasteiger partial charge in [0.05, 0.1) is 21.8 Å². The van der Waals surface area contributed by atoms with E-state index in [1.807, 2.05) is 37.3 Å². The minimum atomic E-state index is -3.63. The number of nitrogens with zero attached hydrogens (tertiary/aromatic N) is 4. The van der Waals surface area contributed by atoms with Gasteiger partial charge in [0.2, 0.25) is 10.0 Å². The number of aromatic nitrogens is 2. The first kappa shape index (κ1) is 23.0. The second-order valence-corrected chi connectivity index (χ2v) is 10.9. The summed E-state index contributed by atoms with van der Waals surface area (Å²) in [5.74, 6) is 0.644. The van der Waals surface area contributed by atoms with Crippen molar-refractivity contribution in [3.05, 3.63) is 81.9 Å². The van der Waals surface area contributed by atoms with E-state index in [0.717, 1.165) is 10.8 Å². The Bertz CT molecular complexity index is 1550. The highest BCUT2D eigenvalue weighted by molar-refractivity contribution is 7.89. The van der Waals surface area contributed by atoms with Crippen LogP contribution in [0.2, 0.25) is 5.02 Å². The molecule has 1 saturated heterocycles. The van der Waals surface area contributed by atoms with Gasteiger partial charge in [-0.2, -0.15) is 4.31 Å². The maximum absolute atomic E-state index is 13.5. The number of benzene rings is 3. The smallest absolute Gasteiger partial charge is 0.261 e. The molecular formula is C25H25ClN4O3S. The fourth-order valence-electron chi connectivity index (χ4n) is 4.69. The van der Waals surface area contributed by atoms with Crippen molar-refractivity contribution in [1.29, 1.82) is 0 Å². The first-order valence-corrected chi connectivity index (χ1v) is 13.0. The van der Waals surface area contributed by atoms with Crippen LogP contribution in [-0.2, 0) is 17.1 Å². The van der Waals surface area contributed by atoms with Crippen molar-refractivity contribution in [3.63, 3.8) is 0 Å². The summed E-state index contributed by atoms with van der Waals surface area (Å²) in [7, 11) is -1.92. The predicted octanol–water partition coefficient (Wildman–Crippen LogP) is 3.81. The van der Waals surface area contributed by atoms with Crippen LogP contribution in [-0.4, -0.2) is 53.4 Å². The van der Waals surface area contributed by atoms with Crippen LogP contribution >= 0.6 is 11.6 Å². The van der Waals surface area contributed by atoms with Gasteiger partial charge in [-0.3, -0.25) is 14.3 Å². The number of hydrogen-bond acceptors (Lipinski definition) is 5. The molecule has 0 bridgehead atoms. The molecule has 1 fully saturated rings. The summed E-state index contributed by atoms with van der Waals surface area (Å²) >= 11 is 6.06. The molecule has 0 aliphatic carbocycles.